The molecule has 3 aliphatic rings. The highest BCUT2D eigenvalue weighted by Gasteiger charge is 2.86. The number of hydrogen-bond acceptors (Lipinski definition) is 2. The Labute approximate surface area is 178 Å². The van der Waals surface area contributed by atoms with Gasteiger partial charge >= 0.3 is 11.9 Å². The van der Waals surface area contributed by atoms with Crippen LogP contribution in [0, 0.1) is 11.6 Å². The predicted octanol–water partition coefficient (Wildman–Crippen LogP) is 4.03. The van der Waals surface area contributed by atoms with Crippen molar-refractivity contribution < 1.29 is 27.4 Å². The Kier molecular flexibility index (Phi) is 3.46. The zero-order chi connectivity index (χ0) is 21.5. The van der Waals surface area contributed by atoms with Crippen molar-refractivity contribution in [2.45, 2.75) is 37.6 Å². The number of pyridine rings is 2. The van der Waals surface area contributed by atoms with Crippen LogP contribution >= 0.6 is 0 Å². The molecular weight excluding hydrogens is 398 g/mol. The van der Waals surface area contributed by atoms with E-state index in [4.69, 9.17) is 4.74 Å². The summed E-state index contributed by atoms with van der Waals surface area (Å²) in [7, 11) is 0. The SMILES string of the molecule is CCC12C(=C3OC(=O)c4cccc[n+]43)C1(CC)[n+]1ccccc1-c1c(F)cc(F)cc12. The molecule has 2 unspecified atom stereocenters. The van der Waals surface area contributed by atoms with Crippen LogP contribution in [0.4, 0.5) is 8.78 Å². The summed E-state index contributed by atoms with van der Waals surface area (Å²) in [5.74, 6) is -1.16. The van der Waals surface area contributed by atoms with Crippen LogP contribution in [0.5, 0.6) is 0 Å². The van der Waals surface area contributed by atoms with Crippen LogP contribution < -0.4 is 9.13 Å². The van der Waals surface area contributed by atoms with Crippen molar-refractivity contribution >= 4 is 11.9 Å². The second kappa shape index (κ2) is 5.84. The molecule has 4 nitrogen and oxygen atoms in total. The number of benzene rings is 1. The van der Waals surface area contributed by atoms with Crippen LogP contribution in [-0.2, 0) is 15.7 Å². The third kappa shape index (κ3) is 1.92. The number of allylic oxidation sites excluding steroid dienone is 1. The van der Waals surface area contributed by atoms with Crippen molar-refractivity contribution in [1.82, 2.24) is 0 Å². The number of rotatable bonds is 2. The van der Waals surface area contributed by atoms with Crippen molar-refractivity contribution in [2.24, 2.45) is 0 Å². The molecule has 1 saturated carbocycles. The summed E-state index contributed by atoms with van der Waals surface area (Å²) >= 11 is 0. The maximum Gasteiger partial charge on any atom is 0.413 e. The molecule has 6 rings (SSSR count). The zero-order valence-corrected chi connectivity index (χ0v) is 17.2. The Balaban J connectivity index is 1.78. The Hall–Kier alpha value is -3.41. The molecule has 0 amide bonds. The van der Waals surface area contributed by atoms with E-state index in [2.05, 4.69) is 11.5 Å². The van der Waals surface area contributed by atoms with E-state index < -0.39 is 28.6 Å². The lowest BCUT2D eigenvalue weighted by atomic mass is 9.79. The number of nitrogens with zero attached hydrogens (tertiary/aromatic N) is 2. The predicted molar refractivity (Wildman–Crippen MR) is 107 cm³/mol. The van der Waals surface area contributed by atoms with E-state index >= 15 is 4.39 Å². The number of carbonyl (C=O) groups excluding carboxylic acids is 1. The van der Waals surface area contributed by atoms with Gasteiger partial charge in [-0.1, -0.05) is 13.8 Å². The van der Waals surface area contributed by atoms with E-state index in [9.17, 15) is 9.18 Å². The number of cyclic esters (lactones) is 1. The maximum atomic E-state index is 15.2. The molecule has 1 aliphatic carbocycles. The standard InChI is InChI=1S/C25H20F2N2O2/c1-3-24-16-13-15(26)14-17(27)20(16)18-9-6-8-12-29(18)25(24,4-2)21(24)22-28-11-7-5-10-19(28)23(30)31-22/h5-14H,3-4H2,1-2H3/q+2. The first-order valence-electron chi connectivity index (χ1n) is 10.5. The molecule has 1 aromatic carbocycles. The molecular formula is C25H20F2N2O2+2. The Morgan fingerprint density at radius 2 is 1.71 bits per heavy atom. The number of hydrogen-bond donors (Lipinski definition) is 0. The second-order valence-corrected chi connectivity index (χ2v) is 8.26. The molecule has 0 spiro atoms. The smallest absolute Gasteiger partial charge is 0.362 e. The van der Waals surface area contributed by atoms with Gasteiger partial charge in [-0.3, -0.25) is 0 Å². The van der Waals surface area contributed by atoms with Gasteiger partial charge in [0.25, 0.3) is 5.69 Å². The molecule has 1 fully saturated rings. The van der Waals surface area contributed by atoms with E-state index in [0.717, 1.165) is 11.6 Å². The highest BCUT2D eigenvalue weighted by Crippen LogP contribution is 2.73. The molecule has 0 N–H and O–H groups in total. The number of halogens is 2. The highest BCUT2D eigenvalue weighted by atomic mass is 19.1. The average molecular weight is 418 g/mol. The highest BCUT2D eigenvalue weighted by molar-refractivity contribution is 5.92. The minimum absolute atomic E-state index is 0.408. The summed E-state index contributed by atoms with van der Waals surface area (Å²) in [6.45, 7) is 4.09. The van der Waals surface area contributed by atoms with Gasteiger partial charge < -0.3 is 4.74 Å². The molecule has 2 aromatic heterocycles. The molecule has 2 atom stereocenters. The number of ether oxygens (including phenoxy) is 1. The summed E-state index contributed by atoms with van der Waals surface area (Å²) in [5.41, 5.74) is 1.78. The third-order valence-electron chi connectivity index (χ3n) is 7.26. The summed E-state index contributed by atoms with van der Waals surface area (Å²) < 4.78 is 39.3. The third-order valence-corrected chi connectivity index (χ3v) is 7.26. The van der Waals surface area contributed by atoms with Gasteiger partial charge in [0.15, 0.2) is 12.4 Å². The van der Waals surface area contributed by atoms with Gasteiger partial charge in [-0.2, -0.15) is 4.57 Å². The van der Waals surface area contributed by atoms with Crippen molar-refractivity contribution in [3.05, 3.63) is 89.4 Å². The summed E-state index contributed by atoms with van der Waals surface area (Å²) in [6.07, 6.45) is 5.02. The van der Waals surface area contributed by atoms with Crippen LogP contribution in [0.25, 0.3) is 17.1 Å². The van der Waals surface area contributed by atoms with Gasteiger partial charge in [0, 0.05) is 36.8 Å². The van der Waals surface area contributed by atoms with Gasteiger partial charge in [-0.25, -0.2) is 13.6 Å². The number of esters is 1. The quantitative estimate of drug-likeness (QED) is 0.465. The molecule has 4 heterocycles. The summed E-state index contributed by atoms with van der Waals surface area (Å²) in [5, 5.41) is 0. The fraction of sp³-hybridized carbons (Fsp3) is 0.240. The lowest BCUT2D eigenvalue weighted by Gasteiger charge is -2.27. The fourth-order valence-corrected chi connectivity index (χ4v) is 6.15. The molecule has 0 bridgehead atoms. The molecule has 0 radical (unpaired) electrons. The van der Waals surface area contributed by atoms with Crippen molar-refractivity contribution in [1.29, 1.82) is 0 Å². The second-order valence-electron chi connectivity index (χ2n) is 8.26. The van der Waals surface area contributed by atoms with Gasteiger partial charge in [0.05, 0.1) is 5.56 Å². The minimum atomic E-state index is -0.681. The monoisotopic (exact) mass is 418 g/mol. The zero-order valence-electron chi connectivity index (χ0n) is 17.2. The summed E-state index contributed by atoms with van der Waals surface area (Å²) in [6, 6.07) is 13.4. The first-order chi connectivity index (χ1) is 15.0. The largest absolute Gasteiger partial charge is 0.413 e. The van der Waals surface area contributed by atoms with E-state index in [1.54, 1.807) is 22.9 Å². The van der Waals surface area contributed by atoms with E-state index in [-0.39, 0.29) is 0 Å². The van der Waals surface area contributed by atoms with E-state index in [0.29, 0.717) is 41.2 Å². The van der Waals surface area contributed by atoms with Gasteiger partial charge in [-0.15, -0.1) is 4.57 Å². The summed E-state index contributed by atoms with van der Waals surface area (Å²) in [4.78, 5) is 12.6. The topological polar surface area (TPSA) is 34.1 Å². The van der Waals surface area contributed by atoms with Crippen molar-refractivity contribution in [3.8, 4) is 11.3 Å². The average Bonchev–Trinajstić information content (AvgIpc) is 3.29. The van der Waals surface area contributed by atoms with Crippen LogP contribution in [0.2, 0.25) is 0 Å². The molecule has 0 saturated heterocycles. The van der Waals surface area contributed by atoms with Gasteiger partial charge in [0.1, 0.15) is 22.6 Å². The lowest BCUT2D eigenvalue weighted by molar-refractivity contribution is -0.732. The molecule has 154 valence electrons. The van der Waals surface area contributed by atoms with Crippen LogP contribution in [0.1, 0.15) is 42.7 Å². The number of carbonyl (C=O) groups is 1. The number of aromatic nitrogens is 2. The Morgan fingerprint density at radius 3 is 2.45 bits per heavy atom. The molecule has 31 heavy (non-hydrogen) atoms. The van der Waals surface area contributed by atoms with E-state index in [1.807, 2.05) is 37.4 Å². The van der Waals surface area contributed by atoms with Gasteiger partial charge in [-0.05, 0) is 30.2 Å². The normalized spacial score (nSPS) is 27.2. The first-order valence-corrected chi connectivity index (χ1v) is 10.5. The molecule has 3 aromatic rings. The molecule has 2 aliphatic heterocycles. The maximum absolute atomic E-state index is 15.2. The van der Waals surface area contributed by atoms with Crippen molar-refractivity contribution in [3.63, 3.8) is 0 Å². The van der Waals surface area contributed by atoms with Crippen molar-refractivity contribution in [2.75, 3.05) is 0 Å². The van der Waals surface area contributed by atoms with Gasteiger partial charge in [0.2, 0.25) is 11.2 Å². The van der Waals surface area contributed by atoms with Crippen LogP contribution in [0.3, 0.4) is 0 Å². The molecule has 6 heteroatoms. The Morgan fingerprint density at radius 1 is 0.968 bits per heavy atom. The lowest BCUT2D eigenvalue weighted by Crippen LogP contribution is -2.55. The minimum Gasteiger partial charge on any atom is -0.362 e. The van der Waals surface area contributed by atoms with Crippen LogP contribution in [-0.4, -0.2) is 5.97 Å². The number of fused-ring (bicyclic) bond motifs is 7. The van der Waals surface area contributed by atoms with E-state index in [1.165, 1.54) is 6.07 Å². The van der Waals surface area contributed by atoms with Crippen LogP contribution in [0.15, 0.2) is 66.5 Å². The fourth-order valence-electron chi connectivity index (χ4n) is 6.15. The Bertz CT molecular complexity index is 1350. The first kappa shape index (κ1) is 18.4.